The molecule has 5 nitrogen and oxygen atoms in total. The molecule has 0 saturated carbocycles. The van der Waals surface area contributed by atoms with E-state index in [1.54, 1.807) is 0 Å². The molecule has 1 aromatic carbocycles. The minimum Gasteiger partial charge on any atom is -0.466 e. The lowest BCUT2D eigenvalue weighted by Crippen LogP contribution is -2.61. The average molecular weight is 338 g/mol. The third kappa shape index (κ3) is 1.63. The number of para-hydroxylation sites is 1. The highest BCUT2D eigenvalue weighted by Crippen LogP contribution is 2.61. The first-order chi connectivity index (χ1) is 12.1. The zero-order chi connectivity index (χ0) is 17.3. The van der Waals surface area contributed by atoms with Gasteiger partial charge in [-0.3, -0.25) is 4.90 Å². The number of aliphatic hydroxyl groups is 1. The van der Waals surface area contributed by atoms with E-state index in [1.165, 1.54) is 12.7 Å². The molecule has 4 aliphatic rings. The van der Waals surface area contributed by atoms with Crippen LogP contribution in [0.5, 0.6) is 0 Å². The molecule has 2 saturated heterocycles. The maximum absolute atomic E-state index is 12.8. The van der Waals surface area contributed by atoms with Crippen molar-refractivity contribution in [3.63, 3.8) is 0 Å². The Balaban J connectivity index is 1.85. The molecule has 0 amide bonds. The molecule has 25 heavy (non-hydrogen) atoms. The molecule has 3 aliphatic heterocycles. The van der Waals surface area contributed by atoms with Gasteiger partial charge < -0.3 is 15.2 Å². The summed E-state index contributed by atoms with van der Waals surface area (Å²) >= 11 is 0. The number of nitrogens with zero attached hydrogens (tertiary/aromatic N) is 1. The number of aliphatic hydroxyl groups excluding tert-OH is 1. The molecular weight excluding hydrogens is 316 g/mol. The molecule has 1 unspecified atom stereocenters. The standard InChI is InChI=1S/C20H22N2O3/c1-3-11-10-22-9-8-20-12-6-4-5-7-13(12)21-17(20)15(19(24)25-2)14(11)16(23)18(20)22/h3-7,14,16,18,21,23H,8-10H2,1-2H3/b11-3-/t14?,16-,18-,20-/m0/s1. The van der Waals surface area contributed by atoms with Crippen LogP contribution in [0.3, 0.4) is 0 Å². The van der Waals surface area contributed by atoms with E-state index in [9.17, 15) is 9.90 Å². The monoisotopic (exact) mass is 338 g/mol. The van der Waals surface area contributed by atoms with Gasteiger partial charge >= 0.3 is 5.97 Å². The minimum atomic E-state index is -0.603. The van der Waals surface area contributed by atoms with Gasteiger partial charge in [0.25, 0.3) is 0 Å². The summed E-state index contributed by atoms with van der Waals surface area (Å²) < 4.78 is 5.14. The predicted molar refractivity (Wildman–Crippen MR) is 94.0 cm³/mol. The fourth-order valence-electron chi connectivity index (χ4n) is 5.70. The number of piperidine rings is 1. The Labute approximate surface area is 147 Å². The van der Waals surface area contributed by atoms with Crippen LogP contribution >= 0.6 is 0 Å². The number of benzene rings is 1. The van der Waals surface area contributed by atoms with Crippen LogP contribution in [0.25, 0.3) is 0 Å². The van der Waals surface area contributed by atoms with Crippen LogP contribution < -0.4 is 5.32 Å². The van der Waals surface area contributed by atoms with Crippen molar-refractivity contribution in [3.05, 3.63) is 52.7 Å². The van der Waals surface area contributed by atoms with Gasteiger partial charge in [-0.15, -0.1) is 0 Å². The normalized spacial score (nSPS) is 36.9. The third-order valence-corrected chi connectivity index (χ3v) is 6.61. The lowest BCUT2D eigenvalue weighted by molar-refractivity contribution is -0.138. The zero-order valence-corrected chi connectivity index (χ0v) is 14.5. The molecule has 0 radical (unpaired) electrons. The minimum absolute atomic E-state index is 0.000700. The molecule has 1 aliphatic carbocycles. The van der Waals surface area contributed by atoms with Crippen molar-refractivity contribution in [1.82, 2.24) is 4.90 Å². The van der Waals surface area contributed by atoms with E-state index in [1.807, 2.05) is 25.1 Å². The highest BCUT2D eigenvalue weighted by molar-refractivity contribution is 5.94. The summed E-state index contributed by atoms with van der Waals surface area (Å²) in [6.45, 7) is 3.71. The first kappa shape index (κ1) is 15.2. The van der Waals surface area contributed by atoms with Crippen molar-refractivity contribution in [1.29, 1.82) is 0 Å². The van der Waals surface area contributed by atoms with Crippen molar-refractivity contribution in [3.8, 4) is 0 Å². The molecule has 4 atom stereocenters. The van der Waals surface area contributed by atoms with Gasteiger partial charge in [0.15, 0.2) is 0 Å². The predicted octanol–water partition coefficient (Wildman–Crippen LogP) is 1.80. The Kier molecular flexibility index (Phi) is 3.01. The quantitative estimate of drug-likeness (QED) is 0.604. The first-order valence-corrected chi connectivity index (χ1v) is 8.90. The molecule has 2 bridgehead atoms. The van der Waals surface area contributed by atoms with Crippen molar-refractivity contribution in [2.45, 2.75) is 30.9 Å². The second-order valence-corrected chi connectivity index (χ2v) is 7.42. The molecule has 2 fully saturated rings. The molecule has 1 aromatic rings. The van der Waals surface area contributed by atoms with E-state index >= 15 is 0 Å². The van der Waals surface area contributed by atoms with E-state index in [0.717, 1.165) is 36.5 Å². The summed E-state index contributed by atoms with van der Waals surface area (Å²) in [7, 11) is 1.42. The van der Waals surface area contributed by atoms with Gasteiger partial charge in [0, 0.05) is 30.4 Å². The van der Waals surface area contributed by atoms with Gasteiger partial charge in [-0.2, -0.15) is 0 Å². The van der Waals surface area contributed by atoms with E-state index < -0.39 is 6.10 Å². The topological polar surface area (TPSA) is 61.8 Å². The van der Waals surface area contributed by atoms with Gasteiger partial charge in [0.05, 0.1) is 30.2 Å². The number of methoxy groups -OCH3 is 1. The molecule has 0 aromatic heterocycles. The Morgan fingerprint density at radius 1 is 1.44 bits per heavy atom. The van der Waals surface area contributed by atoms with Gasteiger partial charge in [-0.1, -0.05) is 24.3 Å². The van der Waals surface area contributed by atoms with Crippen molar-refractivity contribution >= 4 is 11.7 Å². The number of hydrogen-bond donors (Lipinski definition) is 2. The Morgan fingerprint density at radius 2 is 2.24 bits per heavy atom. The number of carbonyl (C=O) groups is 1. The maximum Gasteiger partial charge on any atom is 0.336 e. The number of fused-ring (bicyclic) bond motifs is 2. The van der Waals surface area contributed by atoms with Crippen LogP contribution in [0, 0.1) is 5.92 Å². The van der Waals surface area contributed by atoms with Crippen molar-refractivity contribution in [2.24, 2.45) is 5.92 Å². The Hall–Kier alpha value is -2.11. The van der Waals surface area contributed by atoms with Gasteiger partial charge in [-0.25, -0.2) is 4.79 Å². The van der Waals surface area contributed by atoms with Crippen LogP contribution in [0.2, 0.25) is 0 Å². The molecule has 5 heteroatoms. The number of allylic oxidation sites excluding steroid dienone is 1. The van der Waals surface area contributed by atoms with E-state index in [4.69, 9.17) is 4.74 Å². The van der Waals surface area contributed by atoms with Gasteiger partial charge in [-0.05, 0) is 30.5 Å². The molecule has 1 spiro atoms. The SMILES string of the molecule is C/C=C1/CN2CC[C@]34C(=C(C(=O)OC)C1[C@H](O)[C@H]23)Nc1ccccc14. The molecule has 5 rings (SSSR count). The first-order valence-electron chi connectivity index (χ1n) is 8.90. The highest BCUT2D eigenvalue weighted by Gasteiger charge is 2.65. The zero-order valence-electron chi connectivity index (χ0n) is 14.5. The third-order valence-electron chi connectivity index (χ3n) is 6.61. The number of esters is 1. The lowest BCUT2D eigenvalue weighted by Gasteiger charge is -2.51. The second-order valence-electron chi connectivity index (χ2n) is 7.42. The molecule has 130 valence electrons. The van der Waals surface area contributed by atoms with Crippen LogP contribution in [0.4, 0.5) is 5.69 Å². The summed E-state index contributed by atoms with van der Waals surface area (Å²) in [5.74, 6) is -0.626. The fraction of sp³-hybridized carbons (Fsp3) is 0.450. The van der Waals surface area contributed by atoms with Crippen LogP contribution in [0.15, 0.2) is 47.2 Å². The number of hydrogen-bond acceptors (Lipinski definition) is 5. The maximum atomic E-state index is 12.8. The summed E-state index contributed by atoms with van der Waals surface area (Å²) in [5, 5.41) is 14.8. The van der Waals surface area contributed by atoms with Crippen molar-refractivity contribution < 1.29 is 14.6 Å². The number of nitrogens with one attached hydrogen (secondary N) is 1. The summed E-state index contributed by atoms with van der Waals surface area (Å²) in [6.07, 6.45) is 2.34. The van der Waals surface area contributed by atoms with Crippen LogP contribution in [-0.2, 0) is 14.9 Å². The molecular formula is C20H22N2O3. The van der Waals surface area contributed by atoms with Crippen LogP contribution in [0.1, 0.15) is 18.9 Å². The Morgan fingerprint density at radius 3 is 3.00 bits per heavy atom. The van der Waals surface area contributed by atoms with E-state index in [0.29, 0.717) is 5.57 Å². The number of rotatable bonds is 1. The molecule has 2 N–H and O–H groups in total. The van der Waals surface area contributed by atoms with E-state index in [2.05, 4.69) is 22.3 Å². The molecule has 3 heterocycles. The average Bonchev–Trinajstić information content (AvgIpc) is 3.18. The number of ether oxygens (including phenoxy) is 1. The Bertz CT molecular complexity index is 843. The lowest BCUT2D eigenvalue weighted by atomic mass is 9.60. The summed E-state index contributed by atoms with van der Waals surface area (Å²) in [4.78, 5) is 15.2. The highest BCUT2D eigenvalue weighted by atomic mass is 16.5. The summed E-state index contributed by atoms with van der Waals surface area (Å²) in [5.41, 5.74) is 4.56. The van der Waals surface area contributed by atoms with E-state index in [-0.39, 0.29) is 23.3 Å². The van der Waals surface area contributed by atoms with Crippen LogP contribution in [-0.4, -0.2) is 48.3 Å². The largest absolute Gasteiger partial charge is 0.466 e. The number of anilines is 1. The fourth-order valence-corrected chi connectivity index (χ4v) is 5.70. The van der Waals surface area contributed by atoms with Gasteiger partial charge in [0.2, 0.25) is 0 Å². The van der Waals surface area contributed by atoms with Gasteiger partial charge in [0.1, 0.15) is 0 Å². The smallest absolute Gasteiger partial charge is 0.336 e. The number of carbonyl (C=O) groups excluding carboxylic acids is 1. The van der Waals surface area contributed by atoms with Crippen molar-refractivity contribution in [2.75, 3.05) is 25.5 Å². The summed E-state index contributed by atoms with van der Waals surface area (Å²) in [6, 6.07) is 8.23. The second kappa shape index (κ2) is 4.96.